The van der Waals surface area contributed by atoms with Gasteiger partial charge in [-0.15, -0.1) is 10.2 Å². The molecule has 0 aliphatic carbocycles. The number of hydrogen-bond acceptors (Lipinski definition) is 4. The monoisotopic (exact) mass is 303 g/mol. The van der Waals surface area contributed by atoms with Crippen molar-refractivity contribution in [3.63, 3.8) is 0 Å². The lowest BCUT2D eigenvalue weighted by atomic mass is 10.0. The van der Waals surface area contributed by atoms with E-state index in [4.69, 9.17) is 0 Å². The van der Waals surface area contributed by atoms with Gasteiger partial charge in [-0.05, 0) is 36.5 Å². The molecule has 5 heteroatoms. The predicted molar refractivity (Wildman–Crippen MR) is 86.7 cm³/mol. The van der Waals surface area contributed by atoms with Crippen LogP contribution < -0.4 is 5.32 Å². The number of aromatic nitrogens is 2. The minimum atomic E-state index is -0.0505. The maximum atomic E-state index is 12.0. The number of benzene rings is 1. The fourth-order valence-electron chi connectivity index (χ4n) is 2.00. The molecule has 1 N–H and O–H groups in total. The number of nitrogens with one attached hydrogen (secondary N) is 1. The molecule has 0 saturated heterocycles. The molecule has 0 bridgehead atoms. The molecule has 0 aliphatic heterocycles. The molecule has 2 aromatic rings. The summed E-state index contributed by atoms with van der Waals surface area (Å²) in [4.78, 5) is 12.0. The van der Waals surface area contributed by atoms with E-state index in [-0.39, 0.29) is 5.91 Å². The van der Waals surface area contributed by atoms with Crippen molar-refractivity contribution in [2.24, 2.45) is 5.92 Å². The lowest BCUT2D eigenvalue weighted by Crippen LogP contribution is -2.14. The largest absolute Gasteiger partial charge is 0.300 e. The normalized spacial score (nSPS) is 10.9. The number of nitrogens with zero attached hydrogens (tertiary/aromatic N) is 2. The Labute approximate surface area is 129 Å². The van der Waals surface area contributed by atoms with Crippen molar-refractivity contribution in [3.8, 4) is 0 Å². The zero-order valence-electron chi connectivity index (χ0n) is 12.9. The highest BCUT2D eigenvalue weighted by atomic mass is 32.1. The van der Waals surface area contributed by atoms with Gasteiger partial charge in [-0.1, -0.05) is 43.4 Å². The van der Waals surface area contributed by atoms with Gasteiger partial charge in [-0.25, -0.2) is 0 Å². The fraction of sp³-hybridized carbons (Fsp3) is 0.438. The summed E-state index contributed by atoms with van der Waals surface area (Å²) < 4.78 is 0. The lowest BCUT2D eigenvalue weighted by molar-refractivity contribution is -0.115. The van der Waals surface area contributed by atoms with E-state index in [0.717, 1.165) is 17.0 Å². The van der Waals surface area contributed by atoms with Crippen LogP contribution in [0.15, 0.2) is 18.2 Å². The van der Waals surface area contributed by atoms with Gasteiger partial charge in [0.1, 0.15) is 5.01 Å². The molecule has 0 fully saturated rings. The van der Waals surface area contributed by atoms with E-state index in [0.29, 0.717) is 17.5 Å². The van der Waals surface area contributed by atoms with Crippen molar-refractivity contribution in [3.05, 3.63) is 39.9 Å². The van der Waals surface area contributed by atoms with E-state index in [9.17, 15) is 4.79 Å². The minimum Gasteiger partial charge on any atom is -0.300 e. The molecular weight excluding hydrogens is 282 g/mol. The third-order valence-corrected chi connectivity index (χ3v) is 4.09. The average molecular weight is 303 g/mol. The summed E-state index contributed by atoms with van der Waals surface area (Å²) in [6.45, 7) is 8.40. The highest BCUT2D eigenvalue weighted by Crippen LogP contribution is 2.18. The first-order valence-corrected chi connectivity index (χ1v) is 7.94. The fourth-order valence-corrected chi connectivity index (χ4v) is 2.97. The number of anilines is 1. The van der Waals surface area contributed by atoms with Crippen LogP contribution in [0.4, 0.5) is 5.13 Å². The Hall–Kier alpha value is -1.75. The van der Waals surface area contributed by atoms with Gasteiger partial charge in [0.2, 0.25) is 11.0 Å². The van der Waals surface area contributed by atoms with E-state index in [1.807, 2.05) is 12.1 Å². The number of amides is 1. The number of carbonyl (C=O) groups is 1. The second-order valence-corrected chi connectivity index (χ2v) is 6.80. The van der Waals surface area contributed by atoms with Crippen LogP contribution in [0.5, 0.6) is 0 Å². The molecule has 0 spiro atoms. The Morgan fingerprint density at radius 2 is 2.00 bits per heavy atom. The summed E-state index contributed by atoms with van der Waals surface area (Å²) in [6, 6.07) is 6.09. The molecule has 21 heavy (non-hydrogen) atoms. The van der Waals surface area contributed by atoms with Crippen LogP contribution in [-0.2, 0) is 17.6 Å². The van der Waals surface area contributed by atoms with Gasteiger partial charge in [0.15, 0.2) is 0 Å². The van der Waals surface area contributed by atoms with Crippen LogP contribution >= 0.6 is 11.3 Å². The molecule has 0 unspecified atom stereocenters. The van der Waals surface area contributed by atoms with Crippen molar-refractivity contribution in [1.29, 1.82) is 0 Å². The molecule has 112 valence electrons. The highest BCUT2D eigenvalue weighted by Gasteiger charge is 2.10. The average Bonchev–Trinajstić information content (AvgIpc) is 2.80. The van der Waals surface area contributed by atoms with Crippen LogP contribution in [0.25, 0.3) is 0 Å². The maximum absolute atomic E-state index is 12.0. The summed E-state index contributed by atoms with van der Waals surface area (Å²) in [6.07, 6.45) is 1.25. The second-order valence-electron chi connectivity index (χ2n) is 5.74. The number of aryl methyl sites for hydroxylation is 2. The number of hydrogen-bond donors (Lipinski definition) is 1. The Bertz CT molecular complexity index is 634. The summed E-state index contributed by atoms with van der Waals surface area (Å²) in [7, 11) is 0. The van der Waals surface area contributed by atoms with E-state index in [1.54, 1.807) is 0 Å². The molecule has 2 rings (SSSR count). The standard InChI is InChI=1S/C16H21N3OS/c1-10(2)7-15-18-19-16(21-15)17-14(20)9-13-6-5-11(3)12(4)8-13/h5-6,8,10H,7,9H2,1-4H3,(H,17,19,20). The zero-order valence-corrected chi connectivity index (χ0v) is 13.8. The SMILES string of the molecule is Cc1ccc(CC(=O)Nc2nnc(CC(C)C)s2)cc1C. The van der Waals surface area contributed by atoms with Crippen molar-refractivity contribution in [1.82, 2.24) is 10.2 Å². The van der Waals surface area contributed by atoms with Crippen LogP contribution in [-0.4, -0.2) is 16.1 Å². The van der Waals surface area contributed by atoms with E-state index in [2.05, 4.69) is 49.3 Å². The smallest absolute Gasteiger partial charge is 0.230 e. The first-order valence-electron chi connectivity index (χ1n) is 7.12. The Morgan fingerprint density at radius 3 is 2.67 bits per heavy atom. The van der Waals surface area contributed by atoms with Gasteiger partial charge in [0.25, 0.3) is 0 Å². The molecule has 1 aromatic heterocycles. The molecule has 0 radical (unpaired) electrons. The molecule has 1 amide bonds. The van der Waals surface area contributed by atoms with Crippen molar-refractivity contribution >= 4 is 22.4 Å². The topological polar surface area (TPSA) is 54.9 Å². The summed E-state index contributed by atoms with van der Waals surface area (Å²) in [5.74, 6) is 0.488. The second kappa shape index (κ2) is 6.80. The highest BCUT2D eigenvalue weighted by molar-refractivity contribution is 7.15. The molecule has 1 heterocycles. The van der Waals surface area contributed by atoms with E-state index < -0.39 is 0 Å². The summed E-state index contributed by atoms with van der Waals surface area (Å²) in [5, 5.41) is 12.5. The molecule has 0 atom stereocenters. The third kappa shape index (κ3) is 4.63. The van der Waals surface area contributed by atoms with E-state index >= 15 is 0 Å². The van der Waals surface area contributed by atoms with Gasteiger partial charge in [0, 0.05) is 6.42 Å². The van der Waals surface area contributed by atoms with Gasteiger partial charge in [-0.2, -0.15) is 0 Å². The van der Waals surface area contributed by atoms with Gasteiger partial charge in [-0.3, -0.25) is 4.79 Å². The van der Waals surface area contributed by atoms with Gasteiger partial charge >= 0.3 is 0 Å². The van der Waals surface area contributed by atoms with Crippen molar-refractivity contribution < 1.29 is 4.79 Å². The number of carbonyl (C=O) groups excluding carboxylic acids is 1. The molecule has 4 nitrogen and oxygen atoms in total. The molecular formula is C16H21N3OS. The minimum absolute atomic E-state index is 0.0505. The van der Waals surface area contributed by atoms with Gasteiger partial charge in [0.05, 0.1) is 6.42 Å². The molecule has 1 aromatic carbocycles. The number of rotatable bonds is 5. The first kappa shape index (κ1) is 15.6. The van der Waals surface area contributed by atoms with Crippen LogP contribution in [0.3, 0.4) is 0 Å². The predicted octanol–water partition coefficient (Wildman–Crippen LogP) is 3.53. The van der Waals surface area contributed by atoms with Crippen molar-refractivity contribution in [2.75, 3.05) is 5.32 Å². The van der Waals surface area contributed by atoms with Gasteiger partial charge < -0.3 is 5.32 Å². The van der Waals surface area contributed by atoms with Crippen LogP contribution in [0.2, 0.25) is 0 Å². The Morgan fingerprint density at radius 1 is 1.24 bits per heavy atom. The van der Waals surface area contributed by atoms with E-state index in [1.165, 1.54) is 22.5 Å². The molecule has 0 aliphatic rings. The van der Waals surface area contributed by atoms with Crippen molar-refractivity contribution in [2.45, 2.75) is 40.5 Å². The van der Waals surface area contributed by atoms with Crippen LogP contribution in [0, 0.1) is 19.8 Å². The Balaban J connectivity index is 1.95. The first-order chi connectivity index (χ1) is 9.94. The Kier molecular flexibility index (Phi) is 5.07. The summed E-state index contributed by atoms with van der Waals surface area (Å²) in [5.41, 5.74) is 3.46. The molecule has 0 saturated carbocycles. The maximum Gasteiger partial charge on any atom is 0.230 e. The van der Waals surface area contributed by atoms with Crippen LogP contribution in [0.1, 0.15) is 35.5 Å². The third-order valence-electron chi connectivity index (χ3n) is 3.23. The zero-order chi connectivity index (χ0) is 15.4. The quantitative estimate of drug-likeness (QED) is 0.919. The summed E-state index contributed by atoms with van der Waals surface area (Å²) >= 11 is 1.45. The lowest BCUT2D eigenvalue weighted by Gasteiger charge is -2.05.